The van der Waals surface area contributed by atoms with E-state index >= 15 is 0 Å². The van der Waals surface area contributed by atoms with Crippen molar-refractivity contribution in [3.63, 3.8) is 0 Å². The average Bonchev–Trinajstić information content (AvgIpc) is 2.28. The summed E-state index contributed by atoms with van der Waals surface area (Å²) in [4.78, 5) is 12.0. The SMILES string of the molecule is CC1CC(NC(=O)C2CCC(F)(F)CC2)CCN1. The van der Waals surface area contributed by atoms with Gasteiger partial charge in [-0.15, -0.1) is 0 Å². The van der Waals surface area contributed by atoms with Crippen LogP contribution in [0.5, 0.6) is 0 Å². The largest absolute Gasteiger partial charge is 0.353 e. The van der Waals surface area contributed by atoms with E-state index in [1.807, 2.05) is 0 Å². The van der Waals surface area contributed by atoms with Gasteiger partial charge in [0, 0.05) is 30.8 Å². The van der Waals surface area contributed by atoms with Gasteiger partial charge >= 0.3 is 0 Å². The summed E-state index contributed by atoms with van der Waals surface area (Å²) in [6.45, 7) is 3.01. The van der Waals surface area contributed by atoms with Gasteiger partial charge in [0.15, 0.2) is 0 Å². The summed E-state index contributed by atoms with van der Waals surface area (Å²) in [6, 6.07) is 0.621. The summed E-state index contributed by atoms with van der Waals surface area (Å²) >= 11 is 0. The Hall–Kier alpha value is -0.710. The van der Waals surface area contributed by atoms with E-state index in [0.717, 1.165) is 19.4 Å². The maximum absolute atomic E-state index is 13.0. The van der Waals surface area contributed by atoms with E-state index in [9.17, 15) is 13.6 Å². The van der Waals surface area contributed by atoms with Crippen molar-refractivity contribution < 1.29 is 13.6 Å². The van der Waals surface area contributed by atoms with Crippen LogP contribution in [0.4, 0.5) is 8.78 Å². The van der Waals surface area contributed by atoms with Crippen molar-refractivity contribution in [1.82, 2.24) is 10.6 Å². The minimum atomic E-state index is -2.56. The van der Waals surface area contributed by atoms with E-state index < -0.39 is 5.92 Å². The van der Waals surface area contributed by atoms with Crippen molar-refractivity contribution in [2.75, 3.05) is 6.54 Å². The average molecular weight is 260 g/mol. The standard InChI is InChI=1S/C13H22F2N2O/c1-9-8-11(4-7-16-9)17-12(18)10-2-5-13(14,15)6-3-10/h9-11,16H,2-8H2,1H3,(H,17,18). The zero-order valence-electron chi connectivity index (χ0n) is 10.8. The first-order valence-electron chi connectivity index (χ1n) is 6.88. The molecule has 1 amide bonds. The van der Waals surface area contributed by atoms with Crippen molar-refractivity contribution >= 4 is 5.91 Å². The predicted octanol–water partition coefficient (Wildman–Crippen LogP) is 2.07. The second kappa shape index (κ2) is 5.51. The van der Waals surface area contributed by atoms with Crippen LogP contribution in [-0.2, 0) is 4.79 Å². The first-order valence-corrected chi connectivity index (χ1v) is 6.88. The Morgan fingerprint density at radius 3 is 2.56 bits per heavy atom. The van der Waals surface area contributed by atoms with Gasteiger partial charge in [-0.1, -0.05) is 0 Å². The lowest BCUT2D eigenvalue weighted by Gasteiger charge is -2.32. The minimum absolute atomic E-state index is 0.0235. The highest BCUT2D eigenvalue weighted by Crippen LogP contribution is 2.36. The summed E-state index contributed by atoms with van der Waals surface area (Å²) in [5, 5.41) is 6.35. The molecule has 2 N–H and O–H groups in total. The second-order valence-electron chi connectivity index (χ2n) is 5.72. The summed E-state index contributed by atoms with van der Waals surface area (Å²) in [7, 11) is 0. The Kier molecular flexibility index (Phi) is 4.20. The fraction of sp³-hybridized carbons (Fsp3) is 0.923. The zero-order chi connectivity index (χ0) is 13.2. The van der Waals surface area contributed by atoms with Crippen LogP contribution in [-0.4, -0.2) is 30.5 Å². The van der Waals surface area contributed by atoms with Crippen LogP contribution in [0.1, 0.15) is 45.4 Å². The molecule has 3 nitrogen and oxygen atoms in total. The molecule has 0 bridgehead atoms. The highest BCUT2D eigenvalue weighted by molar-refractivity contribution is 5.79. The Morgan fingerprint density at radius 1 is 1.28 bits per heavy atom. The number of amides is 1. The van der Waals surface area contributed by atoms with Crippen LogP contribution in [0, 0.1) is 5.92 Å². The van der Waals surface area contributed by atoms with E-state index in [0.29, 0.717) is 18.9 Å². The van der Waals surface area contributed by atoms with E-state index in [-0.39, 0.29) is 30.7 Å². The lowest BCUT2D eigenvalue weighted by atomic mass is 9.86. The molecule has 1 saturated carbocycles. The molecule has 0 aromatic carbocycles. The van der Waals surface area contributed by atoms with E-state index in [2.05, 4.69) is 17.6 Å². The second-order valence-corrected chi connectivity index (χ2v) is 5.72. The number of hydrogen-bond donors (Lipinski definition) is 2. The molecule has 104 valence electrons. The first-order chi connectivity index (χ1) is 8.46. The maximum Gasteiger partial charge on any atom is 0.248 e. The van der Waals surface area contributed by atoms with Gasteiger partial charge < -0.3 is 10.6 Å². The van der Waals surface area contributed by atoms with Crippen LogP contribution in [0.2, 0.25) is 0 Å². The molecule has 2 unspecified atom stereocenters. The minimum Gasteiger partial charge on any atom is -0.353 e. The lowest BCUT2D eigenvalue weighted by molar-refractivity contribution is -0.130. The van der Waals surface area contributed by atoms with Crippen molar-refractivity contribution in [3.8, 4) is 0 Å². The number of carbonyl (C=O) groups is 1. The molecule has 2 aliphatic rings. The third-order valence-electron chi connectivity index (χ3n) is 4.06. The quantitative estimate of drug-likeness (QED) is 0.798. The number of carbonyl (C=O) groups excluding carboxylic acids is 1. The molecule has 1 saturated heterocycles. The molecule has 18 heavy (non-hydrogen) atoms. The summed E-state index contributed by atoms with van der Waals surface area (Å²) < 4.78 is 26.0. The number of nitrogens with one attached hydrogen (secondary N) is 2. The predicted molar refractivity (Wildman–Crippen MR) is 65.5 cm³/mol. The van der Waals surface area contributed by atoms with E-state index in [1.54, 1.807) is 0 Å². The van der Waals surface area contributed by atoms with Crippen molar-refractivity contribution in [2.45, 2.75) is 63.5 Å². The van der Waals surface area contributed by atoms with Gasteiger partial charge in [-0.2, -0.15) is 0 Å². The monoisotopic (exact) mass is 260 g/mol. The molecule has 0 aromatic heterocycles. The lowest BCUT2D eigenvalue weighted by Crippen LogP contribution is -2.48. The molecule has 2 rings (SSSR count). The Balaban J connectivity index is 1.78. The van der Waals surface area contributed by atoms with Crippen molar-refractivity contribution in [2.24, 2.45) is 5.92 Å². The molecule has 2 fully saturated rings. The fourth-order valence-electron chi connectivity index (χ4n) is 2.88. The van der Waals surface area contributed by atoms with Crippen LogP contribution < -0.4 is 10.6 Å². The smallest absolute Gasteiger partial charge is 0.248 e. The van der Waals surface area contributed by atoms with Crippen LogP contribution in [0.25, 0.3) is 0 Å². The van der Waals surface area contributed by atoms with Crippen LogP contribution in [0.15, 0.2) is 0 Å². The third kappa shape index (κ3) is 3.64. The Morgan fingerprint density at radius 2 is 1.94 bits per heavy atom. The van der Waals surface area contributed by atoms with Gasteiger partial charge in [0.25, 0.3) is 0 Å². The molecule has 1 heterocycles. The van der Waals surface area contributed by atoms with Gasteiger partial charge in [0.1, 0.15) is 0 Å². The molecule has 0 aromatic rings. The van der Waals surface area contributed by atoms with Gasteiger partial charge in [-0.25, -0.2) is 8.78 Å². The first kappa shape index (κ1) is 13.7. The van der Waals surface area contributed by atoms with Crippen molar-refractivity contribution in [1.29, 1.82) is 0 Å². The number of halogens is 2. The fourth-order valence-corrected chi connectivity index (χ4v) is 2.88. The molecular formula is C13H22F2N2O. The highest BCUT2D eigenvalue weighted by Gasteiger charge is 2.37. The van der Waals surface area contributed by atoms with Crippen LogP contribution in [0.3, 0.4) is 0 Å². The molecule has 0 radical (unpaired) electrons. The molecular weight excluding hydrogens is 238 g/mol. The summed E-state index contributed by atoms with van der Waals surface area (Å²) in [5.41, 5.74) is 0. The van der Waals surface area contributed by atoms with Crippen LogP contribution >= 0.6 is 0 Å². The molecule has 2 atom stereocenters. The van der Waals surface area contributed by atoms with Gasteiger partial charge in [-0.05, 0) is 39.2 Å². The highest BCUT2D eigenvalue weighted by atomic mass is 19.3. The van der Waals surface area contributed by atoms with Gasteiger partial charge in [-0.3, -0.25) is 4.79 Å². The number of piperidine rings is 1. The van der Waals surface area contributed by atoms with E-state index in [1.165, 1.54) is 0 Å². The van der Waals surface area contributed by atoms with Gasteiger partial charge in [0.2, 0.25) is 11.8 Å². The van der Waals surface area contributed by atoms with E-state index in [4.69, 9.17) is 0 Å². The molecule has 5 heteroatoms. The normalized spacial score (nSPS) is 33.1. The van der Waals surface area contributed by atoms with Crippen molar-refractivity contribution in [3.05, 3.63) is 0 Å². The molecule has 0 spiro atoms. The zero-order valence-corrected chi connectivity index (χ0v) is 10.8. The third-order valence-corrected chi connectivity index (χ3v) is 4.06. The summed E-state index contributed by atoms with van der Waals surface area (Å²) in [6.07, 6.45) is 2.20. The Labute approximate surface area is 107 Å². The topological polar surface area (TPSA) is 41.1 Å². The number of alkyl halides is 2. The Bertz CT molecular complexity index is 299. The molecule has 1 aliphatic carbocycles. The molecule has 1 aliphatic heterocycles. The summed E-state index contributed by atoms with van der Waals surface area (Å²) in [5.74, 6) is -2.79. The maximum atomic E-state index is 13.0. The number of rotatable bonds is 2. The number of hydrogen-bond acceptors (Lipinski definition) is 2. The van der Waals surface area contributed by atoms with Gasteiger partial charge in [0.05, 0.1) is 0 Å².